The number of ether oxygens (including phenoxy) is 1. The smallest absolute Gasteiger partial charge is 0.249 e. The van der Waals surface area contributed by atoms with Gasteiger partial charge in [-0.05, 0) is 42.8 Å². The molecule has 38 heavy (non-hydrogen) atoms. The first kappa shape index (κ1) is 25.3. The molecule has 0 spiro atoms. The average Bonchev–Trinajstić information content (AvgIpc) is 3.22. The lowest BCUT2D eigenvalue weighted by atomic mass is 10.2. The minimum absolute atomic E-state index is 0.0932. The third kappa shape index (κ3) is 4.93. The second-order valence-electron chi connectivity index (χ2n) is 8.76. The summed E-state index contributed by atoms with van der Waals surface area (Å²) in [5.41, 5.74) is 3.45. The fourth-order valence-electron chi connectivity index (χ4n) is 4.18. The van der Waals surface area contributed by atoms with Crippen molar-refractivity contribution in [1.29, 1.82) is 0 Å². The number of anilines is 1. The molecular formula is C29H26N4O4S. The number of para-hydroxylation sites is 2. The number of fused-ring (bicyclic) bond motifs is 2. The molecule has 3 aromatic carbocycles. The molecule has 0 fully saturated rings. The molecule has 8 nitrogen and oxygen atoms in total. The number of aryl methyl sites for hydroxylation is 1. The molecule has 0 saturated heterocycles. The molecule has 1 amide bonds. The largest absolute Gasteiger partial charge is 0.383 e. The number of amides is 1. The van der Waals surface area contributed by atoms with Crippen LogP contribution in [0.2, 0.25) is 0 Å². The van der Waals surface area contributed by atoms with Gasteiger partial charge in [0.15, 0.2) is 5.65 Å². The Balaban J connectivity index is 1.74. The van der Waals surface area contributed by atoms with E-state index >= 15 is 0 Å². The summed E-state index contributed by atoms with van der Waals surface area (Å²) in [5.74, 6) is -0.393. The Kier molecular flexibility index (Phi) is 7.04. The van der Waals surface area contributed by atoms with Crippen molar-refractivity contribution in [2.45, 2.75) is 23.3 Å². The summed E-state index contributed by atoms with van der Waals surface area (Å²) < 4.78 is 35.1. The van der Waals surface area contributed by atoms with Crippen LogP contribution in [0.1, 0.15) is 11.1 Å². The maximum atomic E-state index is 14.1. The van der Waals surface area contributed by atoms with Crippen LogP contribution in [0, 0.1) is 6.92 Å². The zero-order chi connectivity index (χ0) is 26.7. The van der Waals surface area contributed by atoms with Crippen LogP contribution in [-0.4, -0.2) is 42.6 Å². The Hall–Kier alpha value is -4.34. The molecule has 192 valence electrons. The predicted molar refractivity (Wildman–Crippen MR) is 148 cm³/mol. The maximum absolute atomic E-state index is 14.1. The predicted octanol–water partition coefficient (Wildman–Crippen LogP) is 5.02. The van der Waals surface area contributed by atoms with Gasteiger partial charge in [-0.2, -0.15) is 0 Å². The van der Waals surface area contributed by atoms with Crippen LogP contribution in [0.4, 0.5) is 5.82 Å². The van der Waals surface area contributed by atoms with E-state index in [4.69, 9.17) is 14.7 Å². The molecule has 5 aromatic rings. The van der Waals surface area contributed by atoms with Crippen LogP contribution >= 0.6 is 0 Å². The van der Waals surface area contributed by atoms with Gasteiger partial charge in [0, 0.05) is 19.7 Å². The molecular weight excluding hydrogens is 500 g/mol. The van der Waals surface area contributed by atoms with Gasteiger partial charge in [0.2, 0.25) is 15.7 Å². The number of methoxy groups -OCH3 is 1. The SMILES string of the molecule is COCCn1c(NC(=O)C=Cc2ccccc2)c(S(=O)(=O)c2ccc(C)cc2)c2nc3ccccc3nc21. The first-order valence-corrected chi connectivity index (χ1v) is 13.5. The maximum Gasteiger partial charge on any atom is 0.249 e. The van der Waals surface area contributed by atoms with Crippen molar-refractivity contribution in [2.75, 3.05) is 19.0 Å². The lowest BCUT2D eigenvalue weighted by molar-refractivity contribution is -0.111. The van der Waals surface area contributed by atoms with Crippen LogP contribution in [0.15, 0.2) is 94.7 Å². The number of nitrogens with zero attached hydrogens (tertiary/aromatic N) is 3. The minimum atomic E-state index is -4.10. The third-order valence-corrected chi connectivity index (χ3v) is 7.91. The average molecular weight is 527 g/mol. The van der Waals surface area contributed by atoms with E-state index in [1.165, 1.54) is 6.08 Å². The molecule has 2 heterocycles. The minimum Gasteiger partial charge on any atom is -0.383 e. The van der Waals surface area contributed by atoms with Crippen LogP contribution in [0.3, 0.4) is 0 Å². The molecule has 1 N–H and O–H groups in total. The lowest BCUT2D eigenvalue weighted by Crippen LogP contribution is -2.17. The number of hydrogen-bond donors (Lipinski definition) is 1. The van der Waals surface area contributed by atoms with Crippen LogP contribution in [0.5, 0.6) is 0 Å². The summed E-state index contributed by atoms with van der Waals surface area (Å²) >= 11 is 0. The highest BCUT2D eigenvalue weighted by molar-refractivity contribution is 7.92. The second-order valence-corrected chi connectivity index (χ2v) is 10.6. The summed E-state index contributed by atoms with van der Waals surface area (Å²) in [6.07, 6.45) is 3.03. The van der Waals surface area contributed by atoms with Crippen molar-refractivity contribution >= 4 is 49.8 Å². The zero-order valence-electron chi connectivity index (χ0n) is 21.0. The van der Waals surface area contributed by atoms with Gasteiger partial charge in [-0.3, -0.25) is 4.79 Å². The van der Waals surface area contributed by atoms with E-state index in [-0.39, 0.29) is 34.3 Å². The van der Waals surface area contributed by atoms with Crippen LogP contribution < -0.4 is 5.32 Å². The number of carbonyl (C=O) groups excluding carboxylic acids is 1. The first-order chi connectivity index (χ1) is 18.4. The van der Waals surface area contributed by atoms with Gasteiger partial charge >= 0.3 is 0 Å². The number of rotatable bonds is 8. The van der Waals surface area contributed by atoms with Gasteiger partial charge in [-0.25, -0.2) is 18.4 Å². The van der Waals surface area contributed by atoms with E-state index in [0.717, 1.165) is 11.1 Å². The Morgan fingerprint density at radius 2 is 1.61 bits per heavy atom. The molecule has 0 bridgehead atoms. The van der Waals surface area contributed by atoms with E-state index in [1.807, 2.05) is 55.5 Å². The van der Waals surface area contributed by atoms with Gasteiger partial charge in [0.1, 0.15) is 16.2 Å². The normalized spacial score (nSPS) is 11.9. The van der Waals surface area contributed by atoms with Gasteiger partial charge in [-0.15, -0.1) is 0 Å². The van der Waals surface area contributed by atoms with E-state index in [1.54, 1.807) is 48.1 Å². The molecule has 0 atom stereocenters. The molecule has 0 radical (unpaired) electrons. The Labute approximate surface area is 220 Å². The van der Waals surface area contributed by atoms with Crippen molar-refractivity contribution in [1.82, 2.24) is 14.5 Å². The van der Waals surface area contributed by atoms with Crippen LogP contribution in [0.25, 0.3) is 28.3 Å². The number of benzene rings is 3. The monoisotopic (exact) mass is 526 g/mol. The molecule has 0 aliphatic heterocycles. The molecule has 5 rings (SSSR count). The number of aromatic nitrogens is 3. The molecule has 2 aromatic heterocycles. The highest BCUT2D eigenvalue weighted by Gasteiger charge is 2.32. The topological polar surface area (TPSA) is 103 Å². The Bertz CT molecular complexity index is 1760. The fraction of sp³-hybridized carbons (Fsp3) is 0.138. The first-order valence-electron chi connectivity index (χ1n) is 12.0. The van der Waals surface area contributed by atoms with Gasteiger partial charge in [0.25, 0.3) is 0 Å². The summed E-state index contributed by atoms with van der Waals surface area (Å²) in [5, 5.41) is 2.81. The van der Waals surface area contributed by atoms with Crippen molar-refractivity contribution in [3.8, 4) is 0 Å². The highest BCUT2D eigenvalue weighted by atomic mass is 32.2. The quantitative estimate of drug-likeness (QED) is 0.285. The fourth-order valence-corrected chi connectivity index (χ4v) is 5.72. The molecule has 0 unspecified atom stereocenters. The van der Waals surface area contributed by atoms with E-state index < -0.39 is 15.7 Å². The summed E-state index contributed by atoms with van der Waals surface area (Å²) in [4.78, 5) is 22.5. The van der Waals surface area contributed by atoms with Crippen molar-refractivity contribution in [2.24, 2.45) is 0 Å². The number of nitrogens with one attached hydrogen (secondary N) is 1. The molecule has 0 saturated carbocycles. The lowest BCUT2D eigenvalue weighted by Gasteiger charge is -2.12. The summed E-state index contributed by atoms with van der Waals surface area (Å²) in [7, 11) is -2.55. The summed E-state index contributed by atoms with van der Waals surface area (Å²) in [6.45, 7) is 2.40. The standard InChI is InChI=1S/C29H26N4O4S/c1-20-12-15-22(16-13-20)38(35,36)27-26-28(31-24-11-7-6-10-23(24)30-26)33(18-19-37-2)29(27)32-25(34)17-14-21-8-4-3-5-9-21/h3-17H,18-19H2,1-2H3,(H,32,34). The van der Waals surface area contributed by atoms with Crippen molar-refractivity contribution in [3.05, 3.63) is 96.1 Å². The number of hydrogen-bond acceptors (Lipinski definition) is 6. The second kappa shape index (κ2) is 10.6. The molecule has 0 aliphatic rings. The van der Waals surface area contributed by atoms with Crippen LogP contribution in [-0.2, 0) is 25.9 Å². The van der Waals surface area contributed by atoms with E-state index in [2.05, 4.69) is 5.32 Å². The molecule has 0 aliphatic carbocycles. The van der Waals surface area contributed by atoms with Crippen molar-refractivity contribution < 1.29 is 17.9 Å². The van der Waals surface area contributed by atoms with Gasteiger partial charge in [0.05, 0.1) is 22.5 Å². The van der Waals surface area contributed by atoms with Gasteiger partial charge in [-0.1, -0.05) is 60.2 Å². The summed E-state index contributed by atoms with van der Waals surface area (Å²) in [6, 6.07) is 23.2. The van der Waals surface area contributed by atoms with E-state index in [9.17, 15) is 13.2 Å². The molecule has 9 heteroatoms. The third-order valence-electron chi connectivity index (χ3n) is 6.10. The van der Waals surface area contributed by atoms with Gasteiger partial charge < -0.3 is 14.6 Å². The number of carbonyl (C=O) groups is 1. The number of sulfone groups is 1. The van der Waals surface area contributed by atoms with Crippen molar-refractivity contribution in [3.63, 3.8) is 0 Å². The zero-order valence-corrected chi connectivity index (χ0v) is 21.8. The van der Waals surface area contributed by atoms with E-state index in [0.29, 0.717) is 16.7 Å². The Morgan fingerprint density at radius 3 is 2.29 bits per heavy atom. The highest BCUT2D eigenvalue weighted by Crippen LogP contribution is 2.37. The Morgan fingerprint density at radius 1 is 0.947 bits per heavy atom.